The zero-order chi connectivity index (χ0) is 15.1. The molecule has 0 aliphatic heterocycles. The molecule has 0 saturated carbocycles. The van der Waals surface area contributed by atoms with Crippen molar-refractivity contribution in [2.75, 3.05) is 11.9 Å². The summed E-state index contributed by atoms with van der Waals surface area (Å²) in [6, 6.07) is 0.293. The fraction of sp³-hybridized carbons (Fsp3) is 0.643. The maximum Gasteiger partial charge on any atom is 0.310 e. The van der Waals surface area contributed by atoms with Gasteiger partial charge in [-0.15, -0.1) is 0 Å². The third kappa shape index (κ3) is 4.63. The number of carbonyl (C=O) groups excluding carboxylic acids is 1. The molecule has 5 nitrogen and oxygen atoms in total. The summed E-state index contributed by atoms with van der Waals surface area (Å²) in [7, 11) is 0. The fourth-order valence-electron chi connectivity index (χ4n) is 1.88. The molecule has 1 aromatic rings. The van der Waals surface area contributed by atoms with E-state index in [1.54, 1.807) is 13.8 Å². The Hall–Kier alpha value is -1.36. The topological polar surface area (TPSA) is 64.1 Å². The largest absolute Gasteiger partial charge is 0.466 e. The van der Waals surface area contributed by atoms with E-state index in [-0.39, 0.29) is 12.4 Å². The molecule has 0 fully saturated rings. The average molecular weight is 300 g/mol. The molecule has 0 bridgehead atoms. The summed E-state index contributed by atoms with van der Waals surface area (Å²) in [6.07, 6.45) is 2.02. The van der Waals surface area contributed by atoms with E-state index in [4.69, 9.17) is 16.3 Å². The summed E-state index contributed by atoms with van der Waals surface area (Å²) >= 11 is 6.15. The Balaban J connectivity index is 3.03. The van der Waals surface area contributed by atoms with Gasteiger partial charge in [0.1, 0.15) is 16.8 Å². The fourth-order valence-corrected chi connectivity index (χ4v) is 2.16. The van der Waals surface area contributed by atoms with Crippen molar-refractivity contribution >= 4 is 23.4 Å². The third-order valence-corrected chi connectivity index (χ3v) is 3.33. The number of nitrogens with zero attached hydrogens (tertiary/aromatic N) is 2. The summed E-state index contributed by atoms with van der Waals surface area (Å²) in [5, 5.41) is 3.64. The molecule has 1 heterocycles. The van der Waals surface area contributed by atoms with Gasteiger partial charge in [0.25, 0.3) is 0 Å². The van der Waals surface area contributed by atoms with Crippen molar-refractivity contribution < 1.29 is 9.53 Å². The quantitative estimate of drug-likeness (QED) is 0.619. The second kappa shape index (κ2) is 8.04. The zero-order valence-electron chi connectivity index (χ0n) is 12.5. The van der Waals surface area contributed by atoms with Crippen LogP contribution < -0.4 is 5.32 Å². The van der Waals surface area contributed by atoms with Crippen LogP contribution in [0.4, 0.5) is 5.82 Å². The molecule has 0 aromatic carbocycles. The van der Waals surface area contributed by atoms with Gasteiger partial charge in [0.2, 0.25) is 0 Å². The smallest absolute Gasteiger partial charge is 0.310 e. The number of anilines is 1. The van der Waals surface area contributed by atoms with Crippen molar-refractivity contribution in [1.29, 1.82) is 0 Å². The van der Waals surface area contributed by atoms with Gasteiger partial charge < -0.3 is 10.1 Å². The summed E-state index contributed by atoms with van der Waals surface area (Å²) in [5.41, 5.74) is 0.600. The molecule has 0 unspecified atom stereocenters. The third-order valence-electron chi connectivity index (χ3n) is 3.02. The molecular weight excluding hydrogens is 278 g/mol. The number of halogens is 1. The minimum Gasteiger partial charge on any atom is -0.466 e. The Labute approximate surface area is 125 Å². The number of hydrogen-bond acceptors (Lipinski definition) is 5. The first kappa shape index (κ1) is 16.7. The van der Waals surface area contributed by atoms with Gasteiger partial charge in [0.15, 0.2) is 0 Å². The molecule has 0 radical (unpaired) electrons. The van der Waals surface area contributed by atoms with Crippen LogP contribution in [-0.4, -0.2) is 28.6 Å². The maximum absolute atomic E-state index is 11.7. The van der Waals surface area contributed by atoms with Crippen LogP contribution in [0.1, 0.15) is 45.0 Å². The van der Waals surface area contributed by atoms with Crippen LogP contribution in [0.25, 0.3) is 0 Å². The molecule has 6 heteroatoms. The second-order valence-electron chi connectivity index (χ2n) is 4.53. The van der Waals surface area contributed by atoms with E-state index >= 15 is 0 Å². The number of aromatic nitrogens is 2. The number of ether oxygens (including phenoxy) is 1. The number of nitrogens with one attached hydrogen (secondary N) is 1. The van der Waals surface area contributed by atoms with Gasteiger partial charge in [0.05, 0.1) is 13.0 Å². The number of carbonyl (C=O) groups is 1. The van der Waals surface area contributed by atoms with Crippen molar-refractivity contribution in [3.8, 4) is 0 Å². The van der Waals surface area contributed by atoms with Crippen molar-refractivity contribution in [2.24, 2.45) is 0 Å². The Morgan fingerprint density at radius 2 is 1.95 bits per heavy atom. The van der Waals surface area contributed by atoms with Gasteiger partial charge in [-0.25, -0.2) is 9.97 Å². The highest BCUT2D eigenvalue weighted by Crippen LogP contribution is 2.23. The molecule has 112 valence electrons. The van der Waals surface area contributed by atoms with Gasteiger partial charge in [-0.3, -0.25) is 4.79 Å². The number of aryl methyl sites for hydroxylation is 1. The molecule has 1 aromatic heterocycles. The molecule has 0 aliphatic carbocycles. The second-order valence-corrected chi connectivity index (χ2v) is 4.89. The van der Waals surface area contributed by atoms with Gasteiger partial charge in [-0.05, 0) is 26.7 Å². The van der Waals surface area contributed by atoms with Gasteiger partial charge in [0, 0.05) is 11.6 Å². The van der Waals surface area contributed by atoms with E-state index in [2.05, 4.69) is 29.1 Å². The molecule has 0 atom stereocenters. The zero-order valence-corrected chi connectivity index (χ0v) is 13.3. The lowest BCUT2D eigenvalue weighted by molar-refractivity contribution is -0.142. The van der Waals surface area contributed by atoms with Crippen molar-refractivity contribution in [1.82, 2.24) is 9.97 Å². The highest BCUT2D eigenvalue weighted by molar-refractivity contribution is 6.30. The van der Waals surface area contributed by atoms with Crippen LogP contribution in [0, 0.1) is 6.92 Å². The Kier molecular flexibility index (Phi) is 6.71. The molecule has 20 heavy (non-hydrogen) atoms. The highest BCUT2D eigenvalue weighted by Gasteiger charge is 2.17. The lowest BCUT2D eigenvalue weighted by atomic mass is 10.1. The van der Waals surface area contributed by atoms with Crippen LogP contribution in [-0.2, 0) is 16.0 Å². The normalized spacial score (nSPS) is 10.7. The molecule has 0 aliphatic rings. The van der Waals surface area contributed by atoms with Gasteiger partial charge in [-0.2, -0.15) is 0 Å². The minimum absolute atomic E-state index is 0.0788. The molecule has 0 spiro atoms. The molecule has 1 rings (SSSR count). The van der Waals surface area contributed by atoms with Gasteiger partial charge in [-0.1, -0.05) is 25.4 Å². The van der Waals surface area contributed by atoms with Crippen LogP contribution in [0.5, 0.6) is 0 Å². The number of hydrogen-bond donors (Lipinski definition) is 1. The predicted octanol–water partition coefficient (Wildman–Crippen LogP) is 3.14. The average Bonchev–Trinajstić information content (AvgIpc) is 2.40. The Morgan fingerprint density at radius 3 is 2.50 bits per heavy atom. The summed E-state index contributed by atoms with van der Waals surface area (Å²) in [5.74, 6) is 0.884. The minimum atomic E-state index is -0.325. The standard InChI is InChI=1S/C14H22ClN3O2/c1-5-10(6-2)18-14-11(8-12(19)20-7-3)13(15)16-9(4)17-14/h10H,5-8H2,1-4H3,(H,16,17,18). The van der Waals surface area contributed by atoms with E-state index < -0.39 is 0 Å². The van der Waals surface area contributed by atoms with E-state index in [9.17, 15) is 4.79 Å². The lowest BCUT2D eigenvalue weighted by Crippen LogP contribution is -2.21. The van der Waals surface area contributed by atoms with E-state index in [0.717, 1.165) is 12.8 Å². The monoisotopic (exact) mass is 299 g/mol. The van der Waals surface area contributed by atoms with Crippen LogP contribution in [0.3, 0.4) is 0 Å². The molecule has 0 amide bonds. The molecule has 0 saturated heterocycles. The van der Waals surface area contributed by atoms with Crippen molar-refractivity contribution in [3.63, 3.8) is 0 Å². The first-order chi connectivity index (χ1) is 9.51. The van der Waals surface area contributed by atoms with E-state index in [0.29, 0.717) is 35.0 Å². The maximum atomic E-state index is 11.7. The van der Waals surface area contributed by atoms with Crippen LogP contribution in [0.15, 0.2) is 0 Å². The van der Waals surface area contributed by atoms with Crippen LogP contribution in [0.2, 0.25) is 5.15 Å². The molecule has 1 N–H and O–H groups in total. The Morgan fingerprint density at radius 1 is 1.30 bits per heavy atom. The van der Waals surface area contributed by atoms with Crippen molar-refractivity contribution in [2.45, 2.75) is 53.0 Å². The predicted molar refractivity (Wildman–Crippen MR) is 80.1 cm³/mol. The lowest BCUT2D eigenvalue weighted by Gasteiger charge is -2.18. The number of rotatable bonds is 7. The SMILES string of the molecule is CCOC(=O)Cc1c(Cl)nc(C)nc1NC(CC)CC. The van der Waals surface area contributed by atoms with Gasteiger partial charge >= 0.3 is 5.97 Å². The number of esters is 1. The molecular formula is C14H22ClN3O2. The first-order valence-electron chi connectivity index (χ1n) is 6.96. The van der Waals surface area contributed by atoms with E-state index in [1.165, 1.54) is 0 Å². The summed E-state index contributed by atoms with van der Waals surface area (Å²) < 4.78 is 4.96. The van der Waals surface area contributed by atoms with Crippen LogP contribution >= 0.6 is 11.6 Å². The highest BCUT2D eigenvalue weighted by atomic mass is 35.5. The summed E-state index contributed by atoms with van der Waals surface area (Å²) in [6.45, 7) is 8.09. The Bertz CT molecular complexity index is 462. The first-order valence-corrected chi connectivity index (χ1v) is 7.34. The summed E-state index contributed by atoms with van der Waals surface area (Å²) in [4.78, 5) is 20.1. The van der Waals surface area contributed by atoms with Crippen molar-refractivity contribution in [3.05, 3.63) is 16.5 Å². The van der Waals surface area contributed by atoms with E-state index in [1.807, 2.05) is 0 Å².